The van der Waals surface area contributed by atoms with Crippen molar-refractivity contribution in [2.75, 3.05) is 5.33 Å². The van der Waals surface area contributed by atoms with Crippen LogP contribution in [0.4, 0.5) is 0 Å². The predicted octanol–water partition coefficient (Wildman–Crippen LogP) is 3.17. The van der Waals surface area contributed by atoms with Crippen LogP contribution in [0, 0.1) is 5.41 Å². The summed E-state index contributed by atoms with van der Waals surface area (Å²) >= 11 is 3.64. The number of rotatable bonds is 7. The first-order valence-electron chi connectivity index (χ1n) is 6.36. The van der Waals surface area contributed by atoms with Crippen LogP contribution in [0.15, 0.2) is 17.2 Å². The zero-order valence-corrected chi connectivity index (χ0v) is 12.7. The highest BCUT2D eigenvalue weighted by atomic mass is 79.9. The molecule has 0 saturated heterocycles. The van der Waals surface area contributed by atoms with Gasteiger partial charge in [0, 0.05) is 31.3 Å². The van der Waals surface area contributed by atoms with Crippen molar-refractivity contribution >= 4 is 15.9 Å². The Hall–Kier alpha value is -0.510. The third-order valence-corrected chi connectivity index (χ3v) is 4.56. The SMILES string of the molecule is CCCC(CBr)(CCC)Cn1ccn(C)c1=O. The molecule has 0 radical (unpaired) electrons. The Morgan fingerprint density at radius 2 is 1.82 bits per heavy atom. The lowest BCUT2D eigenvalue weighted by Gasteiger charge is -2.31. The number of halogens is 1. The summed E-state index contributed by atoms with van der Waals surface area (Å²) in [6, 6.07) is 0. The molecule has 0 aliphatic rings. The molecule has 0 aliphatic carbocycles. The van der Waals surface area contributed by atoms with Gasteiger partial charge in [-0.15, -0.1) is 0 Å². The molecule has 0 atom stereocenters. The fraction of sp³-hybridized carbons (Fsp3) is 0.769. The van der Waals surface area contributed by atoms with Gasteiger partial charge in [0.05, 0.1) is 0 Å². The van der Waals surface area contributed by atoms with Gasteiger partial charge in [0.25, 0.3) is 0 Å². The van der Waals surface area contributed by atoms with Crippen LogP contribution in [0.3, 0.4) is 0 Å². The van der Waals surface area contributed by atoms with Crippen LogP contribution in [0.25, 0.3) is 0 Å². The molecule has 1 aromatic rings. The summed E-state index contributed by atoms with van der Waals surface area (Å²) in [6.45, 7) is 5.24. The number of imidazole rings is 1. The predicted molar refractivity (Wildman–Crippen MR) is 75.7 cm³/mol. The van der Waals surface area contributed by atoms with Gasteiger partial charge in [-0.05, 0) is 18.3 Å². The van der Waals surface area contributed by atoms with Crippen molar-refractivity contribution in [2.24, 2.45) is 12.5 Å². The Kier molecular flexibility index (Phi) is 5.50. The minimum Gasteiger partial charge on any atom is -0.302 e. The minimum absolute atomic E-state index is 0.0857. The molecule has 1 aromatic heterocycles. The van der Waals surface area contributed by atoms with Crippen molar-refractivity contribution in [3.8, 4) is 0 Å². The highest BCUT2D eigenvalue weighted by Crippen LogP contribution is 2.33. The Labute approximate surface area is 112 Å². The van der Waals surface area contributed by atoms with Gasteiger partial charge in [0.15, 0.2) is 0 Å². The highest BCUT2D eigenvalue weighted by molar-refractivity contribution is 9.09. The summed E-state index contributed by atoms with van der Waals surface area (Å²) in [6.07, 6.45) is 8.37. The first-order chi connectivity index (χ1) is 8.08. The van der Waals surface area contributed by atoms with E-state index in [9.17, 15) is 4.79 Å². The van der Waals surface area contributed by atoms with Gasteiger partial charge in [0.2, 0.25) is 0 Å². The molecule has 1 rings (SSSR count). The average molecular weight is 303 g/mol. The molecule has 0 aliphatic heterocycles. The van der Waals surface area contributed by atoms with E-state index < -0.39 is 0 Å². The van der Waals surface area contributed by atoms with Gasteiger partial charge in [0.1, 0.15) is 0 Å². The lowest BCUT2D eigenvalue weighted by molar-refractivity contribution is 0.230. The zero-order chi connectivity index (χ0) is 12.9. The second kappa shape index (κ2) is 6.43. The molecule has 1 heterocycles. The highest BCUT2D eigenvalue weighted by Gasteiger charge is 2.28. The van der Waals surface area contributed by atoms with Gasteiger partial charge in [-0.3, -0.25) is 4.57 Å². The number of alkyl halides is 1. The van der Waals surface area contributed by atoms with Gasteiger partial charge in [-0.1, -0.05) is 42.6 Å². The number of nitrogens with zero attached hydrogens (tertiary/aromatic N) is 2. The summed E-state index contributed by atoms with van der Waals surface area (Å²) in [7, 11) is 1.80. The molecular formula is C13H23BrN2O. The molecule has 3 nitrogen and oxygen atoms in total. The maximum absolute atomic E-state index is 11.9. The number of aryl methyl sites for hydroxylation is 1. The summed E-state index contributed by atoms with van der Waals surface area (Å²) in [5, 5.41) is 0.961. The third-order valence-electron chi connectivity index (χ3n) is 3.37. The van der Waals surface area contributed by atoms with Crippen molar-refractivity contribution in [3.05, 3.63) is 22.9 Å². The van der Waals surface area contributed by atoms with E-state index in [1.54, 1.807) is 11.6 Å². The van der Waals surface area contributed by atoms with Crippen LogP contribution < -0.4 is 5.69 Å². The topological polar surface area (TPSA) is 26.9 Å². The lowest BCUT2D eigenvalue weighted by atomic mass is 9.81. The van der Waals surface area contributed by atoms with Crippen molar-refractivity contribution in [2.45, 2.75) is 46.1 Å². The molecule has 0 spiro atoms. The maximum Gasteiger partial charge on any atom is 0.327 e. The maximum atomic E-state index is 11.9. The molecular weight excluding hydrogens is 280 g/mol. The van der Waals surface area contributed by atoms with E-state index in [4.69, 9.17) is 0 Å². The summed E-state index contributed by atoms with van der Waals surface area (Å²) in [4.78, 5) is 11.9. The largest absolute Gasteiger partial charge is 0.327 e. The molecule has 0 amide bonds. The molecule has 17 heavy (non-hydrogen) atoms. The second-order valence-corrected chi connectivity index (χ2v) is 5.51. The Morgan fingerprint density at radius 3 is 2.18 bits per heavy atom. The molecule has 0 unspecified atom stereocenters. The van der Waals surface area contributed by atoms with E-state index in [1.165, 1.54) is 0 Å². The summed E-state index contributed by atoms with van der Waals surface area (Å²) < 4.78 is 3.48. The van der Waals surface area contributed by atoms with Crippen LogP contribution >= 0.6 is 15.9 Å². The minimum atomic E-state index is 0.0857. The smallest absolute Gasteiger partial charge is 0.302 e. The average Bonchev–Trinajstić information content (AvgIpc) is 2.61. The van der Waals surface area contributed by atoms with E-state index in [-0.39, 0.29) is 11.1 Å². The van der Waals surface area contributed by atoms with Crippen molar-refractivity contribution in [1.29, 1.82) is 0 Å². The fourth-order valence-corrected chi connectivity index (χ4v) is 3.25. The van der Waals surface area contributed by atoms with Crippen LogP contribution in [-0.2, 0) is 13.6 Å². The first kappa shape index (κ1) is 14.6. The van der Waals surface area contributed by atoms with E-state index in [2.05, 4.69) is 29.8 Å². The number of aromatic nitrogens is 2. The molecule has 4 heteroatoms. The van der Waals surface area contributed by atoms with E-state index in [0.29, 0.717) is 0 Å². The van der Waals surface area contributed by atoms with Crippen molar-refractivity contribution in [1.82, 2.24) is 9.13 Å². The molecule has 0 bridgehead atoms. The normalized spacial score (nSPS) is 12.0. The van der Waals surface area contributed by atoms with E-state index in [0.717, 1.165) is 37.6 Å². The van der Waals surface area contributed by atoms with Crippen molar-refractivity contribution in [3.63, 3.8) is 0 Å². The zero-order valence-electron chi connectivity index (χ0n) is 11.1. The fourth-order valence-electron chi connectivity index (χ4n) is 2.51. The monoisotopic (exact) mass is 302 g/mol. The van der Waals surface area contributed by atoms with E-state index in [1.807, 2.05) is 17.0 Å². The van der Waals surface area contributed by atoms with E-state index >= 15 is 0 Å². The van der Waals surface area contributed by atoms with Gasteiger partial charge < -0.3 is 4.57 Å². The molecule has 0 N–H and O–H groups in total. The van der Waals surface area contributed by atoms with Gasteiger partial charge in [-0.2, -0.15) is 0 Å². The van der Waals surface area contributed by atoms with Crippen LogP contribution in [0.2, 0.25) is 0 Å². The standard InChI is InChI=1S/C13H23BrN2O/c1-4-6-13(10-14,7-5-2)11-16-9-8-15(3)12(16)17/h8-9H,4-7,10-11H2,1-3H3. The van der Waals surface area contributed by atoms with Gasteiger partial charge >= 0.3 is 5.69 Å². The number of hydrogen-bond acceptors (Lipinski definition) is 1. The third kappa shape index (κ3) is 3.47. The second-order valence-electron chi connectivity index (χ2n) is 4.95. The van der Waals surface area contributed by atoms with Crippen LogP contribution in [-0.4, -0.2) is 14.5 Å². The van der Waals surface area contributed by atoms with Crippen molar-refractivity contribution < 1.29 is 0 Å². The quantitative estimate of drug-likeness (QED) is 0.711. The molecule has 0 fully saturated rings. The molecule has 0 aromatic carbocycles. The summed E-state index contributed by atoms with van der Waals surface area (Å²) in [5.74, 6) is 0. The lowest BCUT2D eigenvalue weighted by Crippen LogP contribution is -2.34. The van der Waals surface area contributed by atoms with Crippen LogP contribution in [0.1, 0.15) is 39.5 Å². The number of hydrogen-bond donors (Lipinski definition) is 0. The Morgan fingerprint density at radius 1 is 1.24 bits per heavy atom. The Balaban J connectivity index is 2.92. The first-order valence-corrected chi connectivity index (χ1v) is 7.48. The van der Waals surface area contributed by atoms with Crippen LogP contribution in [0.5, 0.6) is 0 Å². The van der Waals surface area contributed by atoms with Gasteiger partial charge in [-0.25, -0.2) is 4.79 Å². The Bertz CT molecular complexity index is 388. The molecule has 98 valence electrons. The summed E-state index contributed by atoms with van der Waals surface area (Å²) in [5.41, 5.74) is 0.303. The molecule has 0 saturated carbocycles.